The van der Waals surface area contributed by atoms with Crippen LogP contribution in [0, 0.1) is 23.7 Å². The second-order valence-electron chi connectivity index (χ2n) is 13.4. The SMILES string of the molecule is C1=CC2=C(CC1)c1cc(-c3ccc4[nH]c5ccc6ccccc6c5c4c3)ccc1C21C2CC3CC(C2)CC1C3. The van der Waals surface area contributed by atoms with E-state index in [-0.39, 0.29) is 0 Å². The van der Waals surface area contributed by atoms with Crippen molar-refractivity contribution in [1.82, 2.24) is 4.98 Å². The highest BCUT2D eigenvalue weighted by Gasteiger charge is 2.61. The van der Waals surface area contributed by atoms with Crippen LogP contribution in [0.2, 0.25) is 0 Å². The lowest BCUT2D eigenvalue weighted by atomic mass is 9.42. The first kappa shape index (κ1) is 21.3. The average Bonchev–Trinajstić information content (AvgIpc) is 3.49. The Hall–Kier alpha value is -3.58. The maximum Gasteiger partial charge on any atom is 0.0471 e. The molecule has 1 heteroatoms. The normalized spacial score (nSPS) is 30.3. The van der Waals surface area contributed by atoms with Crippen LogP contribution in [0.5, 0.6) is 0 Å². The fraction of sp³-hybridized carbons (Fsp3) is 0.316. The first-order valence-electron chi connectivity index (χ1n) is 15.3. The molecule has 190 valence electrons. The zero-order chi connectivity index (χ0) is 25.3. The molecule has 5 aromatic rings. The van der Waals surface area contributed by atoms with Gasteiger partial charge in [0.05, 0.1) is 0 Å². The maximum absolute atomic E-state index is 3.68. The van der Waals surface area contributed by atoms with E-state index in [4.69, 9.17) is 0 Å². The summed E-state index contributed by atoms with van der Waals surface area (Å²) in [6.45, 7) is 0. The van der Waals surface area contributed by atoms with Gasteiger partial charge in [-0.1, -0.05) is 60.7 Å². The largest absolute Gasteiger partial charge is 0.354 e. The van der Waals surface area contributed by atoms with E-state index in [1.165, 1.54) is 88.7 Å². The molecule has 4 fully saturated rings. The van der Waals surface area contributed by atoms with Crippen molar-refractivity contribution in [2.24, 2.45) is 23.7 Å². The molecule has 4 saturated carbocycles. The highest BCUT2D eigenvalue weighted by Crippen LogP contribution is 2.69. The third kappa shape index (κ3) is 2.62. The minimum Gasteiger partial charge on any atom is -0.354 e. The molecule has 39 heavy (non-hydrogen) atoms. The van der Waals surface area contributed by atoms with Crippen LogP contribution in [0.4, 0.5) is 0 Å². The first-order valence-corrected chi connectivity index (χ1v) is 15.3. The molecule has 0 atom stereocenters. The molecule has 6 aliphatic rings. The van der Waals surface area contributed by atoms with Crippen molar-refractivity contribution in [2.75, 3.05) is 0 Å². The summed E-state index contributed by atoms with van der Waals surface area (Å²) in [6.07, 6.45) is 14.8. The monoisotopic (exact) mass is 503 g/mol. The molecule has 1 N–H and O–H groups in total. The van der Waals surface area contributed by atoms with Crippen molar-refractivity contribution >= 4 is 38.2 Å². The number of fused-ring (bicyclic) bond motifs is 7. The Kier molecular flexibility index (Phi) is 4.00. The molecule has 4 aromatic carbocycles. The van der Waals surface area contributed by atoms with Crippen molar-refractivity contribution in [3.05, 3.63) is 102 Å². The van der Waals surface area contributed by atoms with Crippen molar-refractivity contribution in [2.45, 2.75) is 50.4 Å². The Bertz CT molecular complexity index is 1900. The molecule has 1 nitrogen and oxygen atoms in total. The third-order valence-corrected chi connectivity index (χ3v) is 11.7. The molecule has 11 rings (SSSR count). The van der Waals surface area contributed by atoms with Gasteiger partial charge in [-0.15, -0.1) is 0 Å². The van der Waals surface area contributed by atoms with E-state index in [1.807, 2.05) is 0 Å². The Morgan fingerprint density at radius 2 is 1.46 bits per heavy atom. The fourth-order valence-corrected chi connectivity index (χ4v) is 10.5. The third-order valence-electron chi connectivity index (χ3n) is 11.7. The van der Waals surface area contributed by atoms with Gasteiger partial charge in [-0.3, -0.25) is 0 Å². The van der Waals surface area contributed by atoms with E-state index in [1.54, 1.807) is 22.3 Å². The van der Waals surface area contributed by atoms with Crippen LogP contribution in [0.1, 0.15) is 56.1 Å². The zero-order valence-electron chi connectivity index (χ0n) is 22.3. The molecule has 6 aliphatic carbocycles. The van der Waals surface area contributed by atoms with Crippen molar-refractivity contribution < 1.29 is 0 Å². The molecule has 0 amide bonds. The molecule has 1 heterocycles. The molecule has 1 aromatic heterocycles. The van der Waals surface area contributed by atoms with Crippen molar-refractivity contribution in [3.63, 3.8) is 0 Å². The summed E-state index contributed by atoms with van der Waals surface area (Å²) in [5, 5.41) is 5.32. The highest BCUT2D eigenvalue weighted by atomic mass is 14.7. The Balaban J connectivity index is 1.17. The number of aromatic amines is 1. The van der Waals surface area contributed by atoms with Gasteiger partial charge < -0.3 is 4.98 Å². The number of hydrogen-bond donors (Lipinski definition) is 1. The van der Waals surface area contributed by atoms with Gasteiger partial charge >= 0.3 is 0 Å². The minimum atomic E-state index is 0.299. The molecule has 4 bridgehead atoms. The van der Waals surface area contributed by atoms with Crippen LogP contribution >= 0.6 is 0 Å². The second kappa shape index (κ2) is 7.33. The van der Waals surface area contributed by atoms with Crippen LogP contribution < -0.4 is 0 Å². The van der Waals surface area contributed by atoms with Crippen LogP contribution in [0.15, 0.2) is 90.5 Å². The van der Waals surface area contributed by atoms with Gasteiger partial charge in [-0.05, 0) is 137 Å². The predicted octanol–water partition coefficient (Wildman–Crippen LogP) is 9.95. The van der Waals surface area contributed by atoms with Crippen LogP contribution in [-0.2, 0) is 5.41 Å². The van der Waals surface area contributed by atoms with E-state index in [9.17, 15) is 0 Å². The molecular weight excluding hydrogens is 470 g/mol. The summed E-state index contributed by atoms with van der Waals surface area (Å²) in [4.78, 5) is 3.68. The second-order valence-corrected chi connectivity index (χ2v) is 13.4. The van der Waals surface area contributed by atoms with E-state index in [0.717, 1.165) is 23.7 Å². The molecule has 0 radical (unpaired) electrons. The lowest BCUT2D eigenvalue weighted by molar-refractivity contribution is -0.0407. The van der Waals surface area contributed by atoms with E-state index >= 15 is 0 Å². The first-order chi connectivity index (χ1) is 19.3. The topological polar surface area (TPSA) is 15.8 Å². The van der Waals surface area contributed by atoms with Gasteiger partial charge in [0.15, 0.2) is 0 Å². The quantitative estimate of drug-likeness (QED) is 0.234. The van der Waals surface area contributed by atoms with Crippen LogP contribution in [-0.4, -0.2) is 4.98 Å². The number of nitrogens with one attached hydrogen (secondary N) is 1. The van der Waals surface area contributed by atoms with Crippen LogP contribution in [0.3, 0.4) is 0 Å². The summed E-state index contributed by atoms with van der Waals surface area (Å²) in [5.41, 5.74) is 12.1. The number of aromatic nitrogens is 1. The summed E-state index contributed by atoms with van der Waals surface area (Å²) in [6, 6.07) is 27.9. The average molecular weight is 504 g/mol. The maximum atomic E-state index is 3.68. The standard InChI is InChI=1S/C38H33N/c1-2-6-29-24(5-1)10-14-36-37(29)32-21-26(11-13-35(32)39-36)25-9-12-34-31(20-25)30-7-3-4-8-33(30)38(34)27-16-22-15-23(18-27)19-28(38)17-22/h1-2,4-6,8-14,20-23,27-28,39H,3,7,15-19H2. The molecule has 0 saturated heterocycles. The number of H-pyrrole nitrogens is 1. The van der Waals surface area contributed by atoms with E-state index < -0.39 is 0 Å². The fourth-order valence-electron chi connectivity index (χ4n) is 10.5. The van der Waals surface area contributed by atoms with Crippen molar-refractivity contribution in [3.8, 4) is 11.1 Å². The van der Waals surface area contributed by atoms with Gasteiger partial charge in [0, 0.05) is 27.2 Å². The van der Waals surface area contributed by atoms with Gasteiger partial charge in [-0.2, -0.15) is 0 Å². The molecule has 0 aliphatic heterocycles. The summed E-state index contributed by atoms with van der Waals surface area (Å²) in [7, 11) is 0. The smallest absolute Gasteiger partial charge is 0.0471 e. The zero-order valence-corrected chi connectivity index (χ0v) is 22.3. The highest BCUT2D eigenvalue weighted by molar-refractivity contribution is 6.20. The lowest BCUT2D eigenvalue weighted by Crippen LogP contribution is -2.55. The van der Waals surface area contributed by atoms with Gasteiger partial charge in [0.2, 0.25) is 0 Å². The summed E-state index contributed by atoms with van der Waals surface area (Å²) in [5.74, 6) is 3.70. The minimum absolute atomic E-state index is 0.299. The molecule has 1 spiro atoms. The predicted molar refractivity (Wildman–Crippen MR) is 163 cm³/mol. The van der Waals surface area contributed by atoms with E-state index in [0.29, 0.717) is 5.41 Å². The number of hydrogen-bond acceptors (Lipinski definition) is 0. The van der Waals surface area contributed by atoms with E-state index in [2.05, 4.69) is 89.9 Å². The van der Waals surface area contributed by atoms with Gasteiger partial charge in [0.25, 0.3) is 0 Å². The van der Waals surface area contributed by atoms with Crippen LogP contribution in [0.25, 0.3) is 49.3 Å². The Morgan fingerprint density at radius 3 is 2.33 bits per heavy atom. The summed E-state index contributed by atoms with van der Waals surface area (Å²) < 4.78 is 0. The number of benzene rings is 4. The number of allylic oxidation sites excluding steroid dienone is 4. The summed E-state index contributed by atoms with van der Waals surface area (Å²) >= 11 is 0. The van der Waals surface area contributed by atoms with Gasteiger partial charge in [-0.25, -0.2) is 0 Å². The van der Waals surface area contributed by atoms with Gasteiger partial charge in [0.1, 0.15) is 0 Å². The molecular formula is C38H33N. The Labute approximate surface area is 229 Å². The Morgan fingerprint density at radius 1 is 0.692 bits per heavy atom. The molecule has 0 unspecified atom stereocenters. The lowest BCUT2D eigenvalue weighted by Gasteiger charge is -2.61. The van der Waals surface area contributed by atoms with Crippen molar-refractivity contribution in [1.29, 1.82) is 0 Å². The number of rotatable bonds is 1.